The molecule has 0 atom stereocenters. The van der Waals surface area contributed by atoms with E-state index < -0.39 is 38.1 Å². The van der Waals surface area contributed by atoms with Crippen molar-refractivity contribution in [1.82, 2.24) is 14.1 Å². The largest absolute Gasteiger partial charge is 0.436 e. The van der Waals surface area contributed by atoms with E-state index in [4.69, 9.17) is 0 Å². The minimum Gasteiger partial charge on any atom is -0.299 e. The predicted octanol–water partition coefficient (Wildman–Crippen LogP) is 3.91. The Hall–Kier alpha value is -2.97. The number of ketones is 2. The summed E-state index contributed by atoms with van der Waals surface area (Å²) in [6.45, 7) is 5.27. The Morgan fingerprint density at radius 2 is 1.59 bits per heavy atom. The van der Waals surface area contributed by atoms with Crippen LogP contribution in [0.1, 0.15) is 66.5 Å². The molecule has 0 radical (unpaired) electrons. The van der Waals surface area contributed by atoms with Crippen molar-refractivity contribution in [3.63, 3.8) is 0 Å². The van der Waals surface area contributed by atoms with Gasteiger partial charge in [0.05, 0.1) is 0 Å². The molecule has 37 heavy (non-hydrogen) atoms. The van der Waals surface area contributed by atoms with Gasteiger partial charge in [0, 0.05) is 44.7 Å². The first kappa shape index (κ1) is 27.1. The Balaban J connectivity index is 1.54. The molecule has 1 spiro atoms. The van der Waals surface area contributed by atoms with Gasteiger partial charge in [-0.1, -0.05) is 5.92 Å². The van der Waals surface area contributed by atoms with E-state index in [0.717, 1.165) is 31.9 Å². The van der Waals surface area contributed by atoms with Crippen LogP contribution in [0.2, 0.25) is 0 Å². The highest BCUT2D eigenvalue weighted by Crippen LogP contribution is 2.47. The first-order valence-corrected chi connectivity index (χ1v) is 13.3. The van der Waals surface area contributed by atoms with E-state index in [9.17, 15) is 31.2 Å². The number of aromatic nitrogens is 2. The number of alkyl halides is 3. The molecule has 11 heteroatoms. The number of piperidine rings is 1. The number of benzene rings is 1. The van der Waals surface area contributed by atoms with E-state index in [1.807, 2.05) is 26.0 Å². The molecule has 4 rings (SSSR count). The number of hydrogen-bond acceptors (Lipinski definition) is 5. The third-order valence-electron chi connectivity index (χ3n) is 7.36. The van der Waals surface area contributed by atoms with Crippen molar-refractivity contribution in [3.8, 4) is 11.8 Å². The molecule has 1 aromatic heterocycles. The summed E-state index contributed by atoms with van der Waals surface area (Å²) >= 11 is 0. The van der Waals surface area contributed by atoms with Crippen LogP contribution >= 0.6 is 0 Å². The summed E-state index contributed by atoms with van der Waals surface area (Å²) in [7, 11) is -3.24. The van der Waals surface area contributed by atoms with Gasteiger partial charge in [-0.2, -0.15) is 22.6 Å². The molecule has 2 aliphatic rings. The second kappa shape index (κ2) is 9.40. The molecule has 2 aromatic rings. The van der Waals surface area contributed by atoms with Crippen LogP contribution in [0.5, 0.6) is 0 Å². The zero-order chi connectivity index (χ0) is 27.3. The molecule has 7 nitrogen and oxygen atoms in total. The van der Waals surface area contributed by atoms with Crippen LogP contribution in [0.4, 0.5) is 13.2 Å². The summed E-state index contributed by atoms with van der Waals surface area (Å²) in [6, 6.07) is 3.72. The van der Waals surface area contributed by atoms with Crippen molar-refractivity contribution < 1.29 is 31.2 Å². The number of rotatable bonds is 3. The average molecular weight is 536 g/mol. The first-order chi connectivity index (χ1) is 17.2. The summed E-state index contributed by atoms with van der Waals surface area (Å²) in [6.07, 6.45) is -3.42. The van der Waals surface area contributed by atoms with Crippen molar-refractivity contribution in [1.29, 1.82) is 0 Å². The minimum atomic E-state index is -4.92. The second-order valence-electron chi connectivity index (χ2n) is 10.0. The third-order valence-corrected chi connectivity index (χ3v) is 9.26. The van der Waals surface area contributed by atoms with Gasteiger partial charge in [-0.25, -0.2) is 8.42 Å². The van der Waals surface area contributed by atoms with Gasteiger partial charge in [-0.05, 0) is 67.9 Å². The SMILES string of the molecule is CC#Cc1cc(C)c(C2C(=O)CC3(CCN(S(=O)(=O)c4cn(C)nc4C(F)(F)F)CC3)CC2=O)c(C)c1. The molecule has 1 saturated carbocycles. The molecule has 198 valence electrons. The van der Waals surface area contributed by atoms with Crippen molar-refractivity contribution in [3.05, 3.63) is 46.3 Å². The molecular weight excluding hydrogens is 507 g/mol. The second-order valence-corrected chi connectivity index (χ2v) is 11.9. The van der Waals surface area contributed by atoms with E-state index in [2.05, 4.69) is 16.9 Å². The summed E-state index contributed by atoms with van der Waals surface area (Å²) < 4.78 is 68.1. The normalized spacial score (nSPS) is 19.2. The Morgan fingerprint density at radius 3 is 2.08 bits per heavy atom. The number of carbonyl (C=O) groups is 2. The molecule has 0 unspecified atom stereocenters. The summed E-state index contributed by atoms with van der Waals surface area (Å²) in [5.41, 5.74) is 0.986. The molecule has 1 saturated heterocycles. The van der Waals surface area contributed by atoms with Gasteiger partial charge in [0.1, 0.15) is 22.4 Å². The van der Waals surface area contributed by atoms with E-state index in [1.165, 1.54) is 7.05 Å². The Labute approximate surface area is 214 Å². The quantitative estimate of drug-likeness (QED) is 0.439. The monoisotopic (exact) mass is 535 g/mol. The lowest BCUT2D eigenvalue weighted by molar-refractivity contribution is -0.144. The summed E-state index contributed by atoms with van der Waals surface area (Å²) in [4.78, 5) is 25.8. The smallest absolute Gasteiger partial charge is 0.299 e. The van der Waals surface area contributed by atoms with Crippen LogP contribution in [0.25, 0.3) is 0 Å². The van der Waals surface area contributed by atoms with Gasteiger partial charge in [0.25, 0.3) is 0 Å². The van der Waals surface area contributed by atoms with E-state index in [0.29, 0.717) is 5.56 Å². The van der Waals surface area contributed by atoms with Crippen LogP contribution in [-0.4, -0.2) is 47.2 Å². The number of carbonyl (C=O) groups excluding carboxylic acids is 2. The number of hydrogen-bond donors (Lipinski definition) is 0. The number of aryl methyl sites for hydroxylation is 3. The molecular formula is C26H28F3N3O4S. The van der Waals surface area contributed by atoms with Crippen molar-refractivity contribution in [2.75, 3.05) is 13.1 Å². The molecule has 1 aromatic carbocycles. The molecule has 1 aliphatic heterocycles. The van der Waals surface area contributed by atoms with E-state index >= 15 is 0 Å². The molecule has 2 fully saturated rings. The first-order valence-electron chi connectivity index (χ1n) is 11.9. The number of halogens is 3. The highest BCUT2D eigenvalue weighted by atomic mass is 32.2. The Bertz CT molecular complexity index is 1400. The highest BCUT2D eigenvalue weighted by Gasteiger charge is 2.50. The van der Waals surface area contributed by atoms with Gasteiger partial charge < -0.3 is 0 Å². The lowest BCUT2D eigenvalue weighted by atomic mass is 9.63. The molecule has 0 N–H and O–H groups in total. The maximum atomic E-state index is 13.4. The van der Waals surface area contributed by atoms with E-state index in [-0.39, 0.29) is 50.3 Å². The fraction of sp³-hybridized carbons (Fsp3) is 0.500. The van der Waals surface area contributed by atoms with Crippen LogP contribution in [0, 0.1) is 31.1 Å². The zero-order valence-electron chi connectivity index (χ0n) is 21.1. The number of sulfonamides is 1. The van der Waals surface area contributed by atoms with Gasteiger partial charge in [-0.15, -0.1) is 5.92 Å². The average Bonchev–Trinajstić information content (AvgIpc) is 3.19. The van der Waals surface area contributed by atoms with Crippen LogP contribution < -0.4 is 0 Å². The molecule has 0 amide bonds. The van der Waals surface area contributed by atoms with E-state index in [1.54, 1.807) is 6.92 Å². The molecule has 0 bridgehead atoms. The Kier molecular flexibility index (Phi) is 6.88. The van der Waals surface area contributed by atoms with Crippen molar-refractivity contribution >= 4 is 21.6 Å². The molecule has 2 heterocycles. The van der Waals surface area contributed by atoms with Crippen molar-refractivity contribution in [2.24, 2.45) is 12.5 Å². The highest BCUT2D eigenvalue weighted by molar-refractivity contribution is 7.89. The number of Topliss-reactive ketones (excluding diaryl/α,β-unsaturated/α-hetero) is 2. The summed E-state index contributed by atoms with van der Waals surface area (Å²) in [5.74, 6) is 4.54. The third kappa shape index (κ3) is 4.97. The maximum Gasteiger partial charge on any atom is 0.436 e. The molecule has 1 aliphatic carbocycles. The Morgan fingerprint density at radius 1 is 1.05 bits per heavy atom. The van der Waals surface area contributed by atoms with Crippen LogP contribution in [0.15, 0.2) is 23.2 Å². The standard InChI is InChI=1S/C26H28F3N3O4S/c1-5-6-18-11-16(2)22(17(3)12-18)23-19(33)13-25(14-20(23)34)7-9-32(10-8-25)37(35,36)21-15-31(4)30-24(21)26(27,28)29/h11-12,15,23H,7-10,13-14H2,1-4H3. The maximum absolute atomic E-state index is 13.4. The van der Waals surface area contributed by atoms with Gasteiger partial charge in [-0.3, -0.25) is 14.3 Å². The van der Waals surface area contributed by atoms with Gasteiger partial charge in [0.15, 0.2) is 5.69 Å². The summed E-state index contributed by atoms with van der Waals surface area (Å²) in [5, 5.41) is 3.30. The van der Waals surface area contributed by atoms with Gasteiger partial charge >= 0.3 is 6.18 Å². The van der Waals surface area contributed by atoms with Crippen LogP contribution in [0.3, 0.4) is 0 Å². The zero-order valence-corrected chi connectivity index (χ0v) is 21.9. The van der Waals surface area contributed by atoms with Crippen LogP contribution in [-0.2, 0) is 32.8 Å². The topological polar surface area (TPSA) is 89.3 Å². The lowest BCUT2D eigenvalue weighted by Crippen LogP contribution is -2.48. The van der Waals surface area contributed by atoms with Gasteiger partial charge in [0.2, 0.25) is 10.0 Å². The van der Waals surface area contributed by atoms with Crippen molar-refractivity contribution in [2.45, 2.75) is 63.4 Å². The lowest BCUT2D eigenvalue weighted by Gasteiger charge is -2.44. The fourth-order valence-corrected chi connectivity index (χ4v) is 7.33. The minimum absolute atomic E-state index is 0.0812. The number of nitrogens with zero attached hydrogens (tertiary/aromatic N) is 3. The predicted molar refractivity (Wildman–Crippen MR) is 129 cm³/mol. The fourth-order valence-electron chi connectivity index (χ4n) is 5.70.